The molecule has 1 amide bonds. The molecule has 2 fully saturated rings. The van der Waals surface area contributed by atoms with E-state index in [0.29, 0.717) is 41.5 Å². The zero-order chi connectivity index (χ0) is 21.8. The fourth-order valence-corrected chi connectivity index (χ4v) is 6.88. The van der Waals surface area contributed by atoms with Crippen molar-refractivity contribution >= 4 is 33.0 Å². The Hall–Kier alpha value is -2.10. The molecule has 0 saturated carbocycles. The molecule has 1 aromatic carbocycles. The van der Waals surface area contributed by atoms with Gasteiger partial charge in [0.1, 0.15) is 11.3 Å². The van der Waals surface area contributed by atoms with E-state index in [1.165, 1.54) is 0 Å². The average Bonchev–Trinajstić information content (AvgIpc) is 3.44. The van der Waals surface area contributed by atoms with Crippen LogP contribution in [0.25, 0.3) is 0 Å². The van der Waals surface area contributed by atoms with Gasteiger partial charge in [-0.05, 0) is 38.3 Å². The number of nitrogens with one attached hydrogen (secondary N) is 1. The number of rotatable bonds is 4. The number of hydrogen-bond acceptors (Lipinski definition) is 6. The van der Waals surface area contributed by atoms with Gasteiger partial charge in [0.2, 0.25) is 0 Å². The van der Waals surface area contributed by atoms with Crippen molar-refractivity contribution in [3.63, 3.8) is 0 Å². The molecule has 0 aliphatic carbocycles. The second-order valence-corrected chi connectivity index (χ2v) is 11.1. The minimum Gasteiger partial charge on any atom is -0.376 e. The lowest BCUT2D eigenvalue weighted by atomic mass is 10.0. The predicted octanol–water partition coefficient (Wildman–Crippen LogP) is 2.95. The van der Waals surface area contributed by atoms with Gasteiger partial charge >= 0.3 is 0 Å². The van der Waals surface area contributed by atoms with Crippen molar-refractivity contribution in [2.45, 2.75) is 44.5 Å². The number of aryl methyl sites for hydroxylation is 1. The lowest BCUT2D eigenvalue weighted by Gasteiger charge is -2.39. The Morgan fingerprint density at radius 2 is 2.10 bits per heavy atom. The molecule has 2 aromatic rings. The lowest BCUT2D eigenvalue weighted by molar-refractivity contribution is 0.0426. The number of nitrogens with zero attached hydrogens (tertiary/aromatic N) is 3. The first-order valence-electron chi connectivity index (χ1n) is 10.6. The summed E-state index contributed by atoms with van der Waals surface area (Å²) in [6.07, 6.45) is 1.85. The largest absolute Gasteiger partial charge is 0.376 e. The summed E-state index contributed by atoms with van der Waals surface area (Å²) in [5.41, 5.74) is 2.73. The van der Waals surface area contributed by atoms with Crippen LogP contribution >= 0.6 is 11.6 Å². The average molecular weight is 465 g/mol. The molecule has 3 aliphatic heterocycles. The SMILES string of the molecule is Cc1nn([C@@H]2CCS(=O)(=O)C2)c(Cl)c1[C@H]1Nc2ccccc2C(=O)N1C[C@H]1CCCO1. The number of sulfone groups is 1. The second kappa shape index (κ2) is 7.79. The van der Waals surface area contributed by atoms with E-state index in [4.69, 9.17) is 16.3 Å². The van der Waals surface area contributed by atoms with Crippen LogP contribution in [-0.4, -0.2) is 59.8 Å². The van der Waals surface area contributed by atoms with E-state index < -0.39 is 16.0 Å². The molecule has 3 atom stereocenters. The van der Waals surface area contributed by atoms with Gasteiger partial charge in [-0.15, -0.1) is 0 Å². The van der Waals surface area contributed by atoms with Gasteiger partial charge in [-0.3, -0.25) is 4.79 Å². The van der Waals surface area contributed by atoms with Crippen molar-refractivity contribution in [1.82, 2.24) is 14.7 Å². The molecule has 166 valence electrons. The minimum atomic E-state index is -3.08. The summed E-state index contributed by atoms with van der Waals surface area (Å²) in [7, 11) is -3.08. The fourth-order valence-electron chi connectivity index (χ4n) is 4.77. The number of carbonyl (C=O) groups is 1. The molecule has 0 spiro atoms. The van der Waals surface area contributed by atoms with E-state index >= 15 is 0 Å². The normalized spacial score (nSPS) is 27.4. The van der Waals surface area contributed by atoms with Gasteiger partial charge in [-0.2, -0.15) is 5.10 Å². The van der Waals surface area contributed by atoms with Crippen LogP contribution in [-0.2, 0) is 14.6 Å². The van der Waals surface area contributed by atoms with Crippen molar-refractivity contribution in [3.8, 4) is 0 Å². The Kier molecular flexibility index (Phi) is 5.22. The molecule has 4 heterocycles. The first-order valence-corrected chi connectivity index (χ1v) is 12.8. The van der Waals surface area contributed by atoms with E-state index in [2.05, 4.69) is 10.4 Å². The highest BCUT2D eigenvalue weighted by atomic mass is 35.5. The molecule has 3 aliphatic rings. The summed E-state index contributed by atoms with van der Waals surface area (Å²) in [6, 6.07) is 7.13. The van der Waals surface area contributed by atoms with Gasteiger partial charge in [0.25, 0.3) is 5.91 Å². The van der Waals surface area contributed by atoms with E-state index in [-0.39, 0.29) is 29.6 Å². The zero-order valence-electron chi connectivity index (χ0n) is 17.3. The van der Waals surface area contributed by atoms with Crippen LogP contribution in [0.3, 0.4) is 0 Å². The number of amides is 1. The van der Waals surface area contributed by atoms with Crippen molar-refractivity contribution in [2.75, 3.05) is 30.0 Å². The highest BCUT2D eigenvalue weighted by Gasteiger charge is 2.39. The highest BCUT2D eigenvalue weighted by Crippen LogP contribution is 2.39. The molecule has 1 aromatic heterocycles. The van der Waals surface area contributed by atoms with Crippen LogP contribution in [0.4, 0.5) is 5.69 Å². The van der Waals surface area contributed by atoms with Crippen LogP contribution in [0.2, 0.25) is 5.15 Å². The summed E-state index contributed by atoms with van der Waals surface area (Å²) in [6.45, 7) is 3.00. The number of fused-ring (bicyclic) bond motifs is 1. The van der Waals surface area contributed by atoms with Crippen LogP contribution in [0.5, 0.6) is 0 Å². The Morgan fingerprint density at radius 1 is 1.29 bits per heavy atom. The predicted molar refractivity (Wildman–Crippen MR) is 117 cm³/mol. The number of para-hydroxylation sites is 1. The van der Waals surface area contributed by atoms with Gasteiger partial charge in [-0.1, -0.05) is 23.7 Å². The second-order valence-electron chi connectivity index (χ2n) is 8.48. The molecule has 0 radical (unpaired) electrons. The van der Waals surface area contributed by atoms with Gasteiger partial charge in [0.05, 0.1) is 40.5 Å². The number of hydrogen-bond donors (Lipinski definition) is 1. The maximum atomic E-state index is 13.4. The first kappa shape index (κ1) is 20.8. The highest BCUT2D eigenvalue weighted by molar-refractivity contribution is 7.91. The van der Waals surface area contributed by atoms with Crippen molar-refractivity contribution in [2.24, 2.45) is 0 Å². The topological polar surface area (TPSA) is 93.5 Å². The van der Waals surface area contributed by atoms with Crippen molar-refractivity contribution in [1.29, 1.82) is 0 Å². The Labute approximate surface area is 186 Å². The van der Waals surface area contributed by atoms with Crippen LogP contribution in [0.15, 0.2) is 24.3 Å². The lowest BCUT2D eigenvalue weighted by Crippen LogP contribution is -2.46. The smallest absolute Gasteiger partial charge is 0.257 e. The van der Waals surface area contributed by atoms with E-state index in [1.807, 2.05) is 31.2 Å². The van der Waals surface area contributed by atoms with Crippen molar-refractivity contribution < 1.29 is 17.9 Å². The summed E-state index contributed by atoms with van der Waals surface area (Å²) in [5, 5.41) is 8.43. The maximum Gasteiger partial charge on any atom is 0.257 e. The monoisotopic (exact) mass is 464 g/mol. The third-order valence-corrected chi connectivity index (χ3v) is 8.47. The van der Waals surface area contributed by atoms with Gasteiger partial charge in [-0.25, -0.2) is 13.1 Å². The van der Waals surface area contributed by atoms with Crippen molar-refractivity contribution in [3.05, 3.63) is 46.2 Å². The Bertz CT molecular complexity index is 1130. The van der Waals surface area contributed by atoms with E-state index in [9.17, 15) is 13.2 Å². The van der Waals surface area contributed by atoms with Crippen LogP contribution in [0, 0.1) is 6.92 Å². The first-order chi connectivity index (χ1) is 14.8. The molecule has 8 nitrogen and oxygen atoms in total. The standard InChI is InChI=1S/C21H25ClN4O4S/c1-13-18(19(22)26(24-13)14-8-10-31(28,29)12-14)20-23-17-7-3-2-6-16(17)21(27)25(20)11-15-5-4-9-30-15/h2-3,6-7,14-15,20,23H,4-5,8-12H2,1H3/t14-,15-,20+/m1/s1. The molecule has 5 rings (SSSR count). The van der Waals surface area contributed by atoms with Gasteiger partial charge in [0.15, 0.2) is 9.84 Å². The number of ether oxygens (including phenoxy) is 1. The molecule has 0 unspecified atom stereocenters. The number of carbonyl (C=O) groups excluding carboxylic acids is 1. The molecule has 0 bridgehead atoms. The molecular weight excluding hydrogens is 440 g/mol. The zero-order valence-corrected chi connectivity index (χ0v) is 18.8. The summed E-state index contributed by atoms with van der Waals surface area (Å²) >= 11 is 6.79. The number of halogens is 1. The number of aromatic nitrogens is 2. The van der Waals surface area contributed by atoms with Gasteiger partial charge in [0, 0.05) is 18.8 Å². The fraction of sp³-hybridized carbons (Fsp3) is 0.524. The third kappa shape index (κ3) is 3.72. The molecule has 1 N–H and O–H groups in total. The van der Waals surface area contributed by atoms with E-state index in [1.54, 1.807) is 9.58 Å². The quantitative estimate of drug-likeness (QED) is 0.747. The molecule has 10 heteroatoms. The van der Waals surface area contributed by atoms with Gasteiger partial charge < -0.3 is 15.0 Å². The molecule has 2 saturated heterocycles. The minimum absolute atomic E-state index is 0.0207. The summed E-state index contributed by atoms with van der Waals surface area (Å²) < 4.78 is 31.4. The summed E-state index contributed by atoms with van der Waals surface area (Å²) in [4.78, 5) is 15.2. The van der Waals surface area contributed by atoms with Crippen LogP contribution < -0.4 is 5.32 Å². The number of anilines is 1. The Morgan fingerprint density at radius 3 is 2.81 bits per heavy atom. The Balaban J connectivity index is 1.54. The maximum absolute atomic E-state index is 13.4. The molecular formula is C21H25ClN4O4S. The summed E-state index contributed by atoms with van der Waals surface area (Å²) in [5.74, 6) is 0.0924. The number of benzene rings is 1. The van der Waals surface area contributed by atoms with E-state index in [0.717, 1.165) is 18.5 Å². The third-order valence-electron chi connectivity index (χ3n) is 6.35. The van der Waals surface area contributed by atoms with Crippen LogP contribution in [0.1, 0.15) is 53.1 Å². The molecule has 31 heavy (non-hydrogen) atoms.